The van der Waals surface area contributed by atoms with Crippen LogP contribution in [-0.2, 0) is 0 Å². The molecule has 1 aromatic heterocycles. The molecule has 0 radical (unpaired) electrons. The predicted molar refractivity (Wildman–Crippen MR) is 61.2 cm³/mol. The molecule has 2 aromatic rings. The fourth-order valence-corrected chi connectivity index (χ4v) is 1.44. The van der Waals surface area contributed by atoms with Crippen LogP contribution < -0.4 is 4.74 Å². The molecule has 1 heterocycles. The normalized spacial score (nSPS) is 12.4. The molecule has 0 bridgehead atoms. The van der Waals surface area contributed by atoms with Crippen molar-refractivity contribution in [2.75, 3.05) is 0 Å². The Morgan fingerprint density at radius 3 is 2.50 bits per heavy atom. The first-order valence-corrected chi connectivity index (χ1v) is 5.27. The summed E-state index contributed by atoms with van der Waals surface area (Å²) >= 11 is 0. The van der Waals surface area contributed by atoms with Crippen molar-refractivity contribution in [1.82, 2.24) is 4.98 Å². The van der Waals surface area contributed by atoms with Crippen LogP contribution in [-0.4, -0.2) is 17.8 Å². The van der Waals surface area contributed by atoms with Crippen molar-refractivity contribution < 1.29 is 17.9 Å². The number of benzene rings is 1. The summed E-state index contributed by atoms with van der Waals surface area (Å²) in [6.45, 7) is 0. The van der Waals surface area contributed by atoms with Gasteiger partial charge in [0.1, 0.15) is 5.75 Å². The Balaban J connectivity index is 2.21. The maximum atomic E-state index is 12.8. The molecule has 94 valence electrons. The standard InChI is InChI=1S/C13H10F3NO/c14-12(15)13(16)18-10-5-3-4-9(8-10)11-6-1-2-7-17-11/h1-8,12-13H. The second kappa shape index (κ2) is 5.53. The molecule has 1 unspecified atom stereocenters. The minimum absolute atomic E-state index is 0.0472. The van der Waals surface area contributed by atoms with Crippen LogP contribution in [0.1, 0.15) is 0 Å². The summed E-state index contributed by atoms with van der Waals surface area (Å²) in [6, 6.07) is 11.5. The maximum Gasteiger partial charge on any atom is 0.304 e. The molecule has 2 rings (SSSR count). The zero-order valence-electron chi connectivity index (χ0n) is 9.26. The lowest BCUT2D eigenvalue weighted by Gasteiger charge is -2.11. The first kappa shape index (κ1) is 12.4. The van der Waals surface area contributed by atoms with Gasteiger partial charge in [-0.3, -0.25) is 4.98 Å². The third kappa shape index (κ3) is 3.00. The molecule has 0 saturated heterocycles. The number of nitrogens with zero attached hydrogens (tertiary/aromatic N) is 1. The molecule has 0 fully saturated rings. The molecule has 0 amide bonds. The van der Waals surface area contributed by atoms with Gasteiger partial charge in [0, 0.05) is 11.8 Å². The van der Waals surface area contributed by atoms with Crippen LogP contribution in [0.25, 0.3) is 11.3 Å². The van der Waals surface area contributed by atoms with Crippen LogP contribution in [0.2, 0.25) is 0 Å². The van der Waals surface area contributed by atoms with Crippen molar-refractivity contribution >= 4 is 0 Å². The van der Waals surface area contributed by atoms with E-state index < -0.39 is 12.8 Å². The second-order valence-corrected chi connectivity index (χ2v) is 3.55. The first-order chi connectivity index (χ1) is 8.66. The number of hydrogen-bond donors (Lipinski definition) is 0. The summed E-state index contributed by atoms with van der Waals surface area (Å²) in [5, 5.41) is 0. The van der Waals surface area contributed by atoms with E-state index in [1.54, 1.807) is 36.5 Å². The molecule has 0 spiro atoms. The first-order valence-electron chi connectivity index (χ1n) is 5.27. The zero-order chi connectivity index (χ0) is 13.0. The number of halogens is 3. The molecule has 5 heteroatoms. The molecule has 0 aliphatic rings. The van der Waals surface area contributed by atoms with Gasteiger partial charge in [-0.1, -0.05) is 18.2 Å². The summed E-state index contributed by atoms with van der Waals surface area (Å²) in [4.78, 5) is 4.11. The van der Waals surface area contributed by atoms with Crippen LogP contribution in [0.15, 0.2) is 48.7 Å². The SMILES string of the molecule is FC(F)C(F)Oc1cccc(-c2ccccn2)c1. The van der Waals surface area contributed by atoms with Gasteiger partial charge in [0.15, 0.2) is 0 Å². The van der Waals surface area contributed by atoms with E-state index in [4.69, 9.17) is 0 Å². The van der Waals surface area contributed by atoms with Crippen LogP contribution in [0.5, 0.6) is 5.75 Å². The topological polar surface area (TPSA) is 22.1 Å². The number of aromatic nitrogens is 1. The van der Waals surface area contributed by atoms with Crippen LogP contribution in [0.4, 0.5) is 13.2 Å². The summed E-state index contributed by atoms with van der Waals surface area (Å²) < 4.78 is 41.3. The Labute approximate surface area is 102 Å². The van der Waals surface area contributed by atoms with Gasteiger partial charge in [-0.15, -0.1) is 0 Å². The minimum atomic E-state index is -3.16. The Hall–Kier alpha value is -2.04. The lowest BCUT2D eigenvalue weighted by Crippen LogP contribution is -2.19. The highest BCUT2D eigenvalue weighted by Crippen LogP contribution is 2.23. The Morgan fingerprint density at radius 1 is 1.00 bits per heavy atom. The molecule has 0 saturated carbocycles. The van der Waals surface area contributed by atoms with Gasteiger partial charge in [0.05, 0.1) is 5.69 Å². The van der Waals surface area contributed by atoms with Gasteiger partial charge in [0.2, 0.25) is 0 Å². The molecule has 0 aliphatic heterocycles. The van der Waals surface area contributed by atoms with Gasteiger partial charge in [0.25, 0.3) is 6.36 Å². The fourth-order valence-electron chi connectivity index (χ4n) is 1.44. The molecule has 1 aromatic carbocycles. The monoisotopic (exact) mass is 253 g/mol. The van der Waals surface area contributed by atoms with Crippen molar-refractivity contribution in [1.29, 1.82) is 0 Å². The van der Waals surface area contributed by atoms with E-state index in [0.717, 1.165) is 0 Å². The average molecular weight is 253 g/mol. The zero-order valence-corrected chi connectivity index (χ0v) is 9.26. The van der Waals surface area contributed by atoms with E-state index in [0.29, 0.717) is 11.3 Å². The van der Waals surface area contributed by atoms with Crippen molar-refractivity contribution in [3.05, 3.63) is 48.7 Å². The van der Waals surface area contributed by atoms with E-state index in [1.807, 2.05) is 0 Å². The highest BCUT2D eigenvalue weighted by molar-refractivity contribution is 5.60. The van der Waals surface area contributed by atoms with Crippen LogP contribution in [0.3, 0.4) is 0 Å². The van der Waals surface area contributed by atoms with Gasteiger partial charge in [-0.25, -0.2) is 8.78 Å². The van der Waals surface area contributed by atoms with Crippen molar-refractivity contribution in [2.45, 2.75) is 12.8 Å². The van der Waals surface area contributed by atoms with E-state index in [9.17, 15) is 13.2 Å². The van der Waals surface area contributed by atoms with E-state index in [1.165, 1.54) is 12.1 Å². The van der Waals surface area contributed by atoms with Gasteiger partial charge in [-0.05, 0) is 24.3 Å². The summed E-state index contributed by atoms with van der Waals surface area (Å²) in [5.41, 5.74) is 1.34. The van der Waals surface area contributed by atoms with Gasteiger partial charge < -0.3 is 4.74 Å². The van der Waals surface area contributed by atoms with Crippen LogP contribution in [0, 0.1) is 0 Å². The lowest BCUT2D eigenvalue weighted by atomic mass is 10.1. The van der Waals surface area contributed by atoms with Gasteiger partial charge >= 0.3 is 6.43 Å². The predicted octanol–water partition coefficient (Wildman–Crippen LogP) is 3.69. The summed E-state index contributed by atoms with van der Waals surface area (Å²) in [5.74, 6) is 0.0472. The molecular formula is C13H10F3NO. The molecule has 1 atom stereocenters. The number of ether oxygens (including phenoxy) is 1. The Bertz CT molecular complexity index is 505. The molecule has 18 heavy (non-hydrogen) atoms. The summed E-state index contributed by atoms with van der Waals surface area (Å²) in [6.07, 6.45) is -4.17. The van der Waals surface area contributed by atoms with Crippen molar-refractivity contribution in [2.24, 2.45) is 0 Å². The molecule has 0 N–H and O–H groups in total. The van der Waals surface area contributed by atoms with Gasteiger partial charge in [-0.2, -0.15) is 4.39 Å². The number of hydrogen-bond acceptors (Lipinski definition) is 2. The number of pyridine rings is 1. The summed E-state index contributed by atoms with van der Waals surface area (Å²) in [7, 11) is 0. The second-order valence-electron chi connectivity index (χ2n) is 3.55. The van der Waals surface area contributed by atoms with E-state index in [-0.39, 0.29) is 5.75 Å². The Kier molecular flexibility index (Phi) is 3.82. The molecule has 2 nitrogen and oxygen atoms in total. The van der Waals surface area contributed by atoms with E-state index in [2.05, 4.69) is 9.72 Å². The maximum absolute atomic E-state index is 12.8. The largest absolute Gasteiger partial charge is 0.454 e. The Morgan fingerprint density at radius 2 is 1.83 bits per heavy atom. The quantitative estimate of drug-likeness (QED) is 0.829. The highest BCUT2D eigenvalue weighted by atomic mass is 19.3. The third-order valence-electron chi connectivity index (χ3n) is 2.24. The van der Waals surface area contributed by atoms with Crippen molar-refractivity contribution in [3.63, 3.8) is 0 Å². The van der Waals surface area contributed by atoms with Crippen molar-refractivity contribution in [3.8, 4) is 17.0 Å². The molecular weight excluding hydrogens is 243 g/mol. The van der Waals surface area contributed by atoms with E-state index >= 15 is 0 Å². The fraction of sp³-hybridized carbons (Fsp3) is 0.154. The van der Waals surface area contributed by atoms with Crippen LogP contribution >= 0.6 is 0 Å². The number of rotatable bonds is 4. The average Bonchev–Trinajstić information content (AvgIpc) is 2.40. The molecule has 0 aliphatic carbocycles. The third-order valence-corrected chi connectivity index (χ3v) is 2.24. The minimum Gasteiger partial charge on any atom is -0.454 e. The highest BCUT2D eigenvalue weighted by Gasteiger charge is 2.20. The smallest absolute Gasteiger partial charge is 0.304 e. The number of alkyl halides is 3. The lowest BCUT2D eigenvalue weighted by molar-refractivity contribution is -0.0668.